The Morgan fingerprint density at radius 3 is 3.03 bits per heavy atom. The standard InChI is InChI=1S/C25H26N2O4S/c1-2-3-8-23(28)27-10-12-30-24-18(15-27)13-17(14-21(24)31-19-9-11-29-16-19)25-26-20-6-4-5-7-22(20)32-25/h2,4-7,13-14,19H,1,3,8-12,15-16H2/t19-/m1/s1. The molecule has 5 rings (SSSR count). The van der Waals surface area contributed by atoms with E-state index in [2.05, 4.69) is 18.7 Å². The number of para-hydroxylation sites is 1. The first-order valence-corrected chi connectivity index (χ1v) is 11.8. The van der Waals surface area contributed by atoms with Gasteiger partial charge in [-0.15, -0.1) is 17.9 Å². The molecule has 7 heteroatoms. The molecular formula is C25H26N2O4S. The SMILES string of the molecule is C=CCCC(=O)N1CCOc2c(cc(-c3nc4ccccc4s3)cc2O[C@@H]2CCOC2)C1. The number of aromatic nitrogens is 1. The number of allylic oxidation sites excluding steroid dienone is 1. The van der Waals surface area contributed by atoms with Crippen molar-refractivity contribution in [3.05, 3.63) is 54.6 Å². The number of nitrogens with zero attached hydrogens (tertiary/aromatic N) is 2. The fourth-order valence-corrected chi connectivity index (χ4v) is 5.03. The molecule has 0 aliphatic carbocycles. The number of thiazole rings is 1. The quantitative estimate of drug-likeness (QED) is 0.504. The lowest BCUT2D eigenvalue weighted by atomic mass is 10.1. The molecule has 1 fully saturated rings. The normalized spacial score (nSPS) is 18.1. The maximum absolute atomic E-state index is 12.7. The molecule has 0 unspecified atom stereocenters. The van der Waals surface area contributed by atoms with E-state index < -0.39 is 0 Å². The first-order valence-electron chi connectivity index (χ1n) is 11.0. The fraction of sp³-hybridized carbons (Fsp3) is 0.360. The van der Waals surface area contributed by atoms with Crippen molar-refractivity contribution in [1.29, 1.82) is 0 Å². The van der Waals surface area contributed by atoms with Gasteiger partial charge in [0.2, 0.25) is 5.91 Å². The van der Waals surface area contributed by atoms with Crippen LogP contribution in [0.4, 0.5) is 0 Å². The van der Waals surface area contributed by atoms with E-state index in [0.29, 0.717) is 51.5 Å². The average Bonchev–Trinajstić information content (AvgIpc) is 3.42. The summed E-state index contributed by atoms with van der Waals surface area (Å²) < 4.78 is 19.1. The third-order valence-electron chi connectivity index (χ3n) is 5.74. The molecule has 2 aromatic carbocycles. The smallest absolute Gasteiger partial charge is 0.223 e. The van der Waals surface area contributed by atoms with Crippen LogP contribution in [-0.4, -0.2) is 48.3 Å². The van der Waals surface area contributed by atoms with E-state index in [0.717, 1.165) is 38.5 Å². The Balaban J connectivity index is 1.53. The van der Waals surface area contributed by atoms with E-state index in [-0.39, 0.29) is 12.0 Å². The summed E-state index contributed by atoms with van der Waals surface area (Å²) in [6, 6.07) is 12.2. The molecule has 1 aromatic heterocycles. The van der Waals surface area contributed by atoms with Gasteiger partial charge in [0.15, 0.2) is 11.5 Å². The van der Waals surface area contributed by atoms with Gasteiger partial charge in [-0.2, -0.15) is 0 Å². The Morgan fingerprint density at radius 2 is 2.22 bits per heavy atom. The van der Waals surface area contributed by atoms with Crippen LogP contribution in [0.25, 0.3) is 20.8 Å². The highest BCUT2D eigenvalue weighted by atomic mass is 32.1. The molecule has 166 valence electrons. The van der Waals surface area contributed by atoms with Gasteiger partial charge in [-0.25, -0.2) is 4.98 Å². The number of ether oxygens (including phenoxy) is 3. The maximum Gasteiger partial charge on any atom is 0.223 e. The van der Waals surface area contributed by atoms with Crippen molar-refractivity contribution in [3.8, 4) is 22.1 Å². The Labute approximate surface area is 191 Å². The van der Waals surface area contributed by atoms with Crippen LogP contribution in [0.15, 0.2) is 49.1 Å². The Morgan fingerprint density at radius 1 is 1.31 bits per heavy atom. The van der Waals surface area contributed by atoms with Crippen molar-refractivity contribution >= 4 is 27.5 Å². The molecule has 0 bridgehead atoms. The van der Waals surface area contributed by atoms with Crippen LogP contribution in [0.5, 0.6) is 11.5 Å². The highest BCUT2D eigenvalue weighted by Gasteiger charge is 2.26. The first-order chi connectivity index (χ1) is 15.7. The second-order valence-corrected chi connectivity index (χ2v) is 9.07. The number of hydrogen-bond donors (Lipinski definition) is 0. The van der Waals surface area contributed by atoms with Crippen molar-refractivity contribution in [1.82, 2.24) is 9.88 Å². The third-order valence-corrected chi connectivity index (χ3v) is 6.82. The fourth-order valence-electron chi connectivity index (χ4n) is 4.07. The Kier molecular flexibility index (Phi) is 6.10. The van der Waals surface area contributed by atoms with Crippen LogP contribution in [0.1, 0.15) is 24.8 Å². The molecule has 2 aliphatic rings. The van der Waals surface area contributed by atoms with E-state index in [9.17, 15) is 4.79 Å². The van der Waals surface area contributed by atoms with Crippen molar-refractivity contribution < 1.29 is 19.0 Å². The minimum atomic E-state index is 0.00176. The van der Waals surface area contributed by atoms with Gasteiger partial charge in [0.1, 0.15) is 17.7 Å². The number of rotatable bonds is 6. The number of carbonyl (C=O) groups is 1. The summed E-state index contributed by atoms with van der Waals surface area (Å²) in [7, 11) is 0. The minimum absolute atomic E-state index is 0.00176. The summed E-state index contributed by atoms with van der Waals surface area (Å²) in [4.78, 5) is 19.4. The van der Waals surface area contributed by atoms with Gasteiger partial charge in [0.25, 0.3) is 0 Å². The van der Waals surface area contributed by atoms with Gasteiger partial charge in [0.05, 0.1) is 30.0 Å². The number of hydrogen-bond acceptors (Lipinski definition) is 6. The molecule has 1 atom stereocenters. The lowest BCUT2D eigenvalue weighted by molar-refractivity contribution is -0.131. The van der Waals surface area contributed by atoms with Gasteiger partial charge in [-0.05, 0) is 30.7 Å². The number of carbonyl (C=O) groups excluding carboxylic acids is 1. The summed E-state index contributed by atoms with van der Waals surface area (Å²) in [5.74, 6) is 1.53. The van der Waals surface area contributed by atoms with Gasteiger partial charge in [0, 0.05) is 30.5 Å². The zero-order valence-corrected chi connectivity index (χ0v) is 18.7. The molecule has 6 nitrogen and oxygen atoms in total. The van der Waals surface area contributed by atoms with Crippen LogP contribution in [0.3, 0.4) is 0 Å². The zero-order valence-electron chi connectivity index (χ0n) is 17.9. The highest BCUT2D eigenvalue weighted by molar-refractivity contribution is 7.21. The number of amides is 1. The molecular weight excluding hydrogens is 424 g/mol. The van der Waals surface area contributed by atoms with E-state index >= 15 is 0 Å². The lowest BCUT2D eigenvalue weighted by Crippen LogP contribution is -2.32. The van der Waals surface area contributed by atoms with Gasteiger partial charge >= 0.3 is 0 Å². The lowest BCUT2D eigenvalue weighted by Gasteiger charge is -2.20. The second-order valence-electron chi connectivity index (χ2n) is 8.04. The molecule has 1 amide bonds. The van der Waals surface area contributed by atoms with E-state index in [1.807, 2.05) is 29.2 Å². The maximum atomic E-state index is 12.7. The Bertz CT molecular complexity index is 1100. The molecule has 0 saturated carbocycles. The summed E-state index contributed by atoms with van der Waals surface area (Å²) in [5, 5.41) is 0.926. The average molecular weight is 451 g/mol. The zero-order chi connectivity index (χ0) is 21.9. The molecule has 32 heavy (non-hydrogen) atoms. The van der Waals surface area contributed by atoms with E-state index in [4.69, 9.17) is 19.2 Å². The van der Waals surface area contributed by atoms with Crippen LogP contribution < -0.4 is 9.47 Å². The van der Waals surface area contributed by atoms with Crippen LogP contribution in [0, 0.1) is 0 Å². The topological polar surface area (TPSA) is 60.9 Å². The summed E-state index contributed by atoms with van der Waals surface area (Å²) >= 11 is 1.65. The van der Waals surface area contributed by atoms with Gasteiger partial charge in [-0.1, -0.05) is 18.2 Å². The molecule has 0 radical (unpaired) electrons. The van der Waals surface area contributed by atoms with Crippen molar-refractivity contribution in [3.63, 3.8) is 0 Å². The monoisotopic (exact) mass is 450 g/mol. The molecule has 0 N–H and O–H groups in total. The highest BCUT2D eigenvalue weighted by Crippen LogP contribution is 2.41. The molecule has 3 aromatic rings. The number of fused-ring (bicyclic) bond motifs is 2. The van der Waals surface area contributed by atoms with Crippen molar-refractivity contribution in [2.45, 2.75) is 31.9 Å². The summed E-state index contributed by atoms with van der Waals surface area (Å²) in [6.45, 7) is 6.48. The van der Waals surface area contributed by atoms with E-state index in [1.165, 1.54) is 0 Å². The predicted molar refractivity (Wildman–Crippen MR) is 125 cm³/mol. The minimum Gasteiger partial charge on any atom is -0.487 e. The molecule has 0 spiro atoms. The van der Waals surface area contributed by atoms with Gasteiger partial charge in [-0.3, -0.25) is 4.79 Å². The van der Waals surface area contributed by atoms with Crippen molar-refractivity contribution in [2.24, 2.45) is 0 Å². The van der Waals surface area contributed by atoms with Crippen molar-refractivity contribution in [2.75, 3.05) is 26.4 Å². The van der Waals surface area contributed by atoms with Crippen LogP contribution in [-0.2, 0) is 16.1 Å². The molecule has 3 heterocycles. The second kappa shape index (κ2) is 9.30. The molecule has 2 aliphatic heterocycles. The van der Waals surface area contributed by atoms with Crippen LogP contribution >= 0.6 is 11.3 Å². The first kappa shape index (κ1) is 21.0. The third kappa shape index (κ3) is 4.36. The summed E-state index contributed by atoms with van der Waals surface area (Å²) in [6.07, 6.45) is 3.76. The Hall–Kier alpha value is -2.90. The largest absolute Gasteiger partial charge is 0.487 e. The van der Waals surface area contributed by atoms with Crippen LogP contribution in [0.2, 0.25) is 0 Å². The summed E-state index contributed by atoms with van der Waals surface area (Å²) in [5.41, 5.74) is 2.90. The van der Waals surface area contributed by atoms with E-state index in [1.54, 1.807) is 17.4 Å². The van der Waals surface area contributed by atoms with Gasteiger partial charge < -0.3 is 19.1 Å². The predicted octanol–water partition coefficient (Wildman–Crippen LogP) is 4.82. The number of benzene rings is 2. The molecule has 1 saturated heterocycles.